The summed E-state index contributed by atoms with van der Waals surface area (Å²) < 4.78 is 0. The lowest BCUT2D eigenvalue weighted by atomic mass is 10.1. The third kappa shape index (κ3) is 1.02. The van der Waals surface area contributed by atoms with Crippen molar-refractivity contribution >= 4 is 34.0 Å². The zero-order chi connectivity index (χ0) is 10.6. The Morgan fingerprint density at radius 1 is 1.27 bits per heavy atom. The number of rotatable bonds is 0. The van der Waals surface area contributed by atoms with E-state index in [-0.39, 0.29) is 0 Å². The second kappa shape index (κ2) is 2.72. The summed E-state index contributed by atoms with van der Waals surface area (Å²) in [5, 5.41) is 12.3. The highest BCUT2D eigenvalue weighted by Gasteiger charge is 2.28. The van der Waals surface area contributed by atoms with E-state index in [1.165, 1.54) is 0 Å². The van der Waals surface area contributed by atoms with Crippen LogP contribution in [0, 0.1) is 0 Å². The zero-order valence-electron chi connectivity index (χ0n) is 7.57. The van der Waals surface area contributed by atoms with Gasteiger partial charge in [-0.3, -0.25) is 10.0 Å². The van der Waals surface area contributed by atoms with E-state index in [9.17, 15) is 10.0 Å². The number of carbonyl (C=O) groups excluding carboxylic acids is 1. The van der Waals surface area contributed by atoms with Crippen LogP contribution in [0.4, 0.5) is 5.69 Å². The maximum Gasteiger partial charge on any atom is 0.282 e. The standard InChI is InChI=1S/C11H6ClNO2/c12-7-4-6-2-1-3-9-10(6)8(5-7)11(14)13(9)15/h1-5,15H. The van der Waals surface area contributed by atoms with Crippen LogP contribution < -0.4 is 5.06 Å². The van der Waals surface area contributed by atoms with Crippen molar-refractivity contribution in [3.63, 3.8) is 0 Å². The molecule has 0 unspecified atom stereocenters. The molecule has 4 heteroatoms. The highest BCUT2D eigenvalue weighted by molar-refractivity contribution is 6.34. The van der Waals surface area contributed by atoms with Crippen LogP contribution in [0.15, 0.2) is 30.3 Å². The number of hydroxylamine groups is 1. The number of carbonyl (C=O) groups is 1. The van der Waals surface area contributed by atoms with Crippen molar-refractivity contribution in [3.05, 3.63) is 40.9 Å². The van der Waals surface area contributed by atoms with Gasteiger partial charge in [-0.2, -0.15) is 5.06 Å². The molecule has 0 bridgehead atoms. The first kappa shape index (κ1) is 8.71. The van der Waals surface area contributed by atoms with Gasteiger partial charge in [0.1, 0.15) is 0 Å². The molecule has 0 spiro atoms. The second-order valence-electron chi connectivity index (χ2n) is 3.45. The molecule has 74 valence electrons. The smallest absolute Gasteiger partial charge is 0.281 e. The third-order valence-corrected chi connectivity index (χ3v) is 2.79. The van der Waals surface area contributed by atoms with E-state index >= 15 is 0 Å². The molecule has 0 atom stereocenters. The molecule has 0 saturated carbocycles. The molecule has 15 heavy (non-hydrogen) atoms. The molecule has 0 saturated heterocycles. The van der Waals surface area contributed by atoms with Gasteiger partial charge in [0, 0.05) is 10.4 Å². The lowest BCUT2D eigenvalue weighted by molar-refractivity contribution is 0.0866. The van der Waals surface area contributed by atoms with Crippen molar-refractivity contribution in [2.45, 2.75) is 0 Å². The van der Waals surface area contributed by atoms with Gasteiger partial charge in [-0.25, -0.2) is 0 Å². The minimum absolute atomic E-state index is 0.427. The first-order chi connectivity index (χ1) is 7.18. The third-order valence-electron chi connectivity index (χ3n) is 2.57. The molecule has 3 rings (SSSR count). The number of anilines is 1. The van der Waals surface area contributed by atoms with E-state index < -0.39 is 5.91 Å². The Balaban J connectivity index is 2.54. The summed E-state index contributed by atoms with van der Waals surface area (Å²) in [6, 6.07) is 8.69. The molecule has 1 aliphatic rings. The predicted molar refractivity (Wildman–Crippen MR) is 57.6 cm³/mol. The molecule has 0 radical (unpaired) electrons. The van der Waals surface area contributed by atoms with Gasteiger partial charge in [-0.1, -0.05) is 23.7 Å². The largest absolute Gasteiger partial charge is 0.282 e. The molecule has 1 heterocycles. The maximum atomic E-state index is 11.6. The Morgan fingerprint density at radius 2 is 2.07 bits per heavy atom. The lowest BCUT2D eigenvalue weighted by Gasteiger charge is -2.06. The molecule has 0 aliphatic carbocycles. The summed E-state index contributed by atoms with van der Waals surface area (Å²) >= 11 is 5.89. The fourth-order valence-electron chi connectivity index (χ4n) is 1.94. The molecule has 0 fully saturated rings. The predicted octanol–water partition coefficient (Wildman–Crippen LogP) is 2.84. The van der Waals surface area contributed by atoms with Gasteiger partial charge in [-0.15, -0.1) is 0 Å². The quantitative estimate of drug-likeness (QED) is 0.693. The fraction of sp³-hybridized carbons (Fsp3) is 0. The Hall–Kier alpha value is -1.58. The highest BCUT2D eigenvalue weighted by Crippen LogP contribution is 2.37. The minimum Gasteiger partial charge on any atom is -0.281 e. The van der Waals surface area contributed by atoms with Crippen LogP contribution in [-0.2, 0) is 0 Å². The monoisotopic (exact) mass is 219 g/mol. The van der Waals surface area contributed by atoms with Crippen molar-refractivity contribution in [3.8, 4) is 0 Å². The summed E-state index contributed by atoms with van der Waals surface area (Å²) in [6.45, 7) is 0. The fourth-order valence-corrected chi connectivity index (χ4v) is 2.17. The molecule has 1 amide bonds. The maximum absolute atomic E-state index is 11.6. The average molecular weight is 220 g/mol. The van der Waals surface area contributed by atoms with Gasteiger partial charge in [0.2, 0.25) is 0 Å². The summed E-state index contributed by atoms with van der Waals surface area (Å²) in [7, 11) is 0. The normalized spacial score (nSPS) is 14.0. The Bertz CT molecular complexity index is 594. The van der Waals surface area contributed by atoms with Crippen molar-refractivity contribution in [1.82, 2.24) is 0 Å². The van der Waals surface area contributed by atoms with E-state index in [0.29, 0.717) is 21.3 Å². The molecule has 1 N–H and O–H groups in total. The van der Waals surface area contributed by atoms with Gasteiger partial charge in [0.25, 0.3) is 5.91 Å². The van der Waals surface area contributed by atoms with E-state index in [0.717, 1.165) is 10.8 Å². The van der Waals surface area contributed by atoms with Crippen LogP contribution in [0.5, 0.6) is 0 Å². The first-order valence-corrected chi connectivity index (χ1v) is 4.82. The van der Waals surface area contributed by atoms with Crippen molar-refractivity contribution in [2.75, 3.05) is 5.06 Å². The van der Waals surface area contributed by atoms with E-state index in [1.807, 2.05) is 6.07 Å². The molecule has 1 aliphatic heterocycles. The Labute approximate surface area is 90.4 Å². The van der Waals surface area contributed by atoms with Gasteiger partial charge < -0.3 is 0 Å². The van der Waals surface area contributed by atoms with E-state index in [1.54, 1.807) is 24.3 Å². The number of amides is 1. The van der Waals surface area contributed by atoms with Crippen LogP contribution in [0.25, 0.3) is 10.8 Å². The molecule has 0 aromatic heterocycles. The second-order valence-corrected chi connectivity index (χ2v) is 3.88. The first-order valence-electron chi connectivity index (χ1n) is 4.44. The number of hydrogen-bond donors (Lipinski definition) is 1. The average Bonchev–Trinajstić information content (AvgIpc) is 2.46. The number of benzene rings is 2. The summed E-state index contributed by atoms with van der Waals surface area (Å²) in [5.41, 5.74) is 0.972. The number of nitrogens with zero attached hydrogens (tertiary/aromatic N) is 1. The topological polar surface area (TPSA) is 40.5 Å². The van der Waals surface area contributed by atoms with Crippen LogP contribution in [0.1, 0.15) is 10.4 Å². The van der Waals surface area contributed by atoms with E-state index in [2.05, 4.69) is 0 Å². The van der Waals surface area contributed by atoms with Crippen molar-refractivity contribution in [2.24, 2.45) is 0 Å². The van der Waals surface area contributed by atoms with Gasteiger partial charge in [0.15, 0.2) is 0 Å². The Kier molecular flexibility index (Phi) is 1.58. The number of halogens is 1. The van der Waals surface area contributed by atoms with Crippen molar-refractivity contribution < 1.29 is 10.0 Å². The summed E-state index contributed by atoms with van der Waals surface area (Å²) in [5.74, 6) is -0.427. The molecule has 3 nitrogen and oxygen atoms in total. The lowest BCUT2D eigenvalue weighted by Crippen LogP contribution is -2.21. The SMILES string of the molecule is O=C1c2cc(Cl)cc3cccc(c23)N1O. The van der Waals surface area contributed by atoms with Crippen LogP contribution in [0.2, 0.25) is 5.02 Å². The minimum atomic E-state index is -0.427. The van der Waals surface area contributed by atoms with Crippen molar-refractivity contribution in [1.29, 1.82) is 0 Å². The van der Waals surface area contributed by atoms with Gasteiger partial charge in [-0.05, 0) is 23.6 Å². The van der Waals surface area contributed by atoms with Gasteiger partial charge in [0.05, 0.1) is 11.3 Å². The highest BCUT2D eigenvalue weighted by atomic mass is 35.5. The molecular weight excluding hydrogens is 214 g/mol. The molecular formula is C11H6ClNO2. The zero-order valence-corrected chi connectivity index (χ0v) is 8.32. The summed E-state index contributed by atoms with van der Waals surface area (Å²) in [4.78, 5) is 11.6. The van der Waals surface area contributed by atoms with Crippen LogP contribution in [0.3, 0.4) is 0 Å². The van der Waals surface area contributed by atoms with Gasteiger partial charge >= 0.3 is 0 Å². The van der Waals surface area contributed by atoms with E-state index in [4.69, 9.17) is 11.6 Å². The van der Waals surface area contributed by atoms with Crippen LogP contribution >= 0.6 is 11.6 Å². The summed E-state index contributed by atoms with van der Waals surface area (Å²) in [6.07, 6.45) is 0. The number of hydrogen-bond acceptors (Lipinski definition) is 2. The Morgan fingerprint density at radius 3 is 2.87 bits per heavy atom. The van der Waals surface area contributed by atoms with Crippen LogP contribution in [-0.4, -0.2) is 11.1 Å². The molecule has 2 aromatic rings. The molecule has 2 aromatic carbocycles.